The van der Waals surface area contributed by atoms with Crippen molar-refractivity contribution >= 4 is 5.97 Å². The predicted molar refractivity (Wildman–Crippen MR) is 77.9 cm³/mol. The summed E-state index contributed by atoms with van der Waals surface area (Å²) in [6.07, 6.45) is 3.18. The van der Waals surface area contributed by atoms with Gasteiger partial charge in [-0.3, -0.25) is 5.32 Å². The number of hydrogen-bond acceptors (Lipinski definition) is 4. The van der Waals surface area contributed by atoms with E-state index in [1.54, 1.807) is 0 Å². The van der Waals surface area contributed by atoms with Gasteiger partial charge in [-0.25, -0.2) is 4.79 Å². The molecule has 1 unspecified atom stereocenters. The van der Waals surface area contributed by atoms with Crippen LogP contribution >= 0.6 is 0 Å². The van der Waals surface area contributed by atoms with Crippen LogP contribution in [-0.2, 0) is 16.0 Å². The predicted octanol–water partition coefficient (Wildman–Crippen LogP) is 2.31. The molecule has 1 aromatic rings. The molecule has 0 amide bonds. The molecule has 110 valence electrons. The highest BCUT2D eigenvalue weighted by atomic mass is 16.5. The lowest BCUT2D eigenvalue weighted by molar-refractivity contribution is -0.149. The molecule has 0 spiro atoms. The number of methoxy groups -OCH3 is 1. The van der Waals surface area contributed by atoms with Crippen LogP contribution in [0.25, 0.3) is 0 Å². The Morgan fingerprint density at radius 2 is 2.20 bits per heavy atom. The Morgan fingerprint density at radius 1 is 1.45 bits per heavy atom. The maximum Gasteiger partial charge on any atom is 0.329 e. The molecule has 1 aromatic carbocycles. The Kier molecular flexibility index (Phi) is 4.65. The minimum absolute atomic E-state index is 0.267. The van der Waals surface area contributed by atoms with E-state index >= 15 is 0 Å². The van der Waals surface area contributed by atoms with Gasteiger partial charge in [-0.15, -0.1) is 0 Å². The number of aryl methyl sites for hydroxylation is 1. The SMILES string of the molecule is CCc1cccc(OCC(C)(NC2CC2)C(=O)OC)c1. The quantitative estimate of drug-likeness (QED) is 0.777. The zero-order valence-electron chi connectivity index (χ0n) is 12.4. The number of ether oxygens (including phenoxy) is 2. The van der Waals surface area contributed by atoms with Crippen LogP contribution in [0.1, 0.15) is 32.3 Å². The van der Waals surface area contributed by atoms with Gasteiger partial charge in [-0.1, -0.05) is 19.1 Å². The van der Waals surface area contributed by atoms with Gasteiger partial charge in [0.05, 0.1) is 7.11 Å². The minimum atomic E-state index is -0.794. The Bertz CT molecular complexity index is 471. The van der Waals surface area contributed by atoms with Crippen LogP contribution in [0.15, 0.2) is 24.3 Å². The van der Waals surface area contributed by atoms with Crippen molar-refractivity contribution in [2.24, 2.45) is 0 Å². The number of rotatable bonds is 7. The Balaban J connectivity index is 2.01. The highest BCUT2D eigenvalue weighted by molar-refractivity contribution is 5.80. The molecule has 0 heterocycles. The van der Waals surface area contributed by atoms with Crippen LogP contribution in [0.3, 0.4) is 0 Å². The molecule has 20 heavy (non-hydrogen) atoms. The van der Waals surface area contributed by atoms with E-state index in [2.05, 4.69) is 18.3 Å². The fourth-order valence-corrected chi connectivity index (χ4v) is 2.15. The van der Waals surface area contributed by atoms with Gasteiger partial charge < -0.3 is 9.47 Å². The third kappa shape index (κ3) is 3.73. The molecule has 2 rings (SSSR count). The van der Waals surface area contributed by atoms with Crippen molar-refractivity contribution in [3.63, 3.8) is 0 Å². The molecule has 0 bridgehead atoms. The van der Waals surface area contributed by atoms with Gasteiger partial charge in [0, 0.05) is 6.04 Å². The fourth-order valence-electron chi connectivity index (χ4n) is 2.15. The highest BCUT2D eigenvalue weighted by Gasteiger charge is 2.40. The van der Waals surface area contributed by atoms with Crippen molar-refractivity contribution in [1.29, 1.82) is 0 Å². The summed E-state index contributed by atoms with van der Waals surface area (Å²) < 4.78 is 10.7. The van der Waals surface area contributed by atoms with Crippen LogP contribution < -0.4 is 10.1 Å². The molecule has 1 atom stereocenters. The Labute approximate surface area is 120 Å². The molecule has 1 aliphatic rings. The summed E-state index contributed by atoms with van der Waals surface area (Å²) in [5.41, 5.74) is 0.426. The van der Waals surface area contributed by atoms with E-state index in [0.717, 1.165) is 25.0 Å². The summed E-state index contributed by atoms with van der Waals surface area (Å²) in [4.78, 5) is 12.0. The number of carbonyl (C=O) groups is 1. The Morgan fingerprint density at radius 3 is 2.80 bits per heavy atom. The van der Waals surface area contributed by atoms with E-state index in [-0.39, 0.29) is 12.6 Å². The molecule has 1 fully saturated rings. The van der Waals surface area contributed by atoms with E-state index in [9.17, 15) is 4.79 Å². The van der Waals surface area contributed by atoms with Crippen molar-refractivity contribution in [2.45, 2.75) is 44.7 Å². The summed E-state index contributed by atoms with van der Waals surface area (Å²) in [6.45, 7) is 4.20. The maximum absolute atomic E-state index is 12.0. The summed E-state index contributed by atoms with van der Waals surface area (Å²) in [5.74, 6) is 0.508. The largest absolute Gasteiger partial charge is 0.491 e. The molecule has 1 saturated carbocycles. The van der Waals surface area contributed by atoms with E-state index < -0.39 is 5.54 Å². The first-order valence-electron chi connectivity index (χ1n) is 7.15. The molecular weight excluding hydrogens is 254 g/mol. The van der Waals surface area contributed by atoms with Gasteiger partial charge in [0.2, 0.25) is 0 Å². The molecule has 4 nitrogen and oxygen atoms in total. The van der Waals surface area contributed by atoms with Crippen LogP contribution in [0.2, 0.25) is 0 Å². The molecule has 0 aromatic heterocycles. The van der Waals surface area contributed by atoms with E-state index in [1.165, 1.54) is 12.7 Å². The zero-order valence-corrected chi connectivity index (χ0v) is 12.4. The number of carbonyl (C=O) groups excluding carboxylic acids is 1. The van der Waals surface area contributed by atoms with Crippen LogP contribution in [-0.4, -0.2) is 31.3 Å². The van der Waals surface area contributed by atoms with Crippen molar-refractivity contribution < 1.29 is 14.3 Å². The minimum Gasteiger partial charge on any atom is -0.491 e. The smallest absolute Gasteiger partial charge is 0.329 e. The molecule has 0 saturated heterocycles. The first-order chi connectivity index (χ1) is 9.57. The molecule has 0 aliphatic heterocycles. The van der Waals surface area contributed by atoms with Gasteiger partial charge >= 0.3 is 5.97 Å². The van der Waals surface area contributed by atoms with Crippen LogP contribution in [0, 0.1) is 0 Å². The van der Waals surface area contributed by atoms with E-state index in [4.69, 9.17) is 9.47 Å². The Hall–Kier alpha value is -1.55. The first-order valence-corrected chi connectivity index (χ1v) is 7.15. The van der Waals surface area contributed by atoms with E-state index in [0.29, 0.717) is 6.04 Å². The average molecular weight is 277 g/mol. The normalized spacial score (nSPS) is 17.4. The van der Waals surface area contributed by atoms with E-state index in [1.807, 2.05) is 25.1 Å². The standard InChI is InChI=1S/C16H23NO3/c1-4-12-6-5-7-14(10-12)20-11-16(2,15(18)19-3)17-13-8-9-13/h5-7,10,13,17H,4,8-9,11H2,1-3H3. The van der Waals surface area contributed by atoms with Gasteiger partial charge in [-0.2, -0.15) is 0 Å². The second-order valence-corrected chi connectivity index (χ2v) is 5.53. The molecule has 0 radical (unpaired) electrons. The topological polar surface area (TPSA) is 47.6 Å². The molecular formula is C16H23NO3. The zero-order chi connectivity index (χ0) is 14.6. The van der Waals surface area contributed by atoms with Crippen molar-refractivity contribution in [3.05, 3.63) is 29.8 Å². The summed E-state index contributed by atoms with van der Waals surface area (Å²) in [6, 6.07) is 8.36. The summed E-state index contributed by atoms with van der Waals surface area (Å²) in [5, 5.41) is 3.32. The summed E-state index contributed by atoms with van der Waals surface area (Å²) in [7, 11) is 1.41. The maximum atomic E-state index is 12.0. The van der Waals surface area contributed by atoms with Gasteiger partial charge in [-0.05, 0) is 43.9 Å². The van der Waals surface area contributed by atoms with Gasteiger partial charge in [0.15, 0.2) is 0 Å². The third-order valence-electron chi connectivity index (χ3n) is 3.57. The average Bonchev–Trinajstić information content (AvgIpc) is 3.28. The number of benzene rings is 1. The van der Waals surface area contributed by atoms with Crippen molar-refractivity contribution in [2.75, 3.05) is 13.7 Å². The molecule has 1 N–H and O–H groups in total. The second kappa shape index (κ2) is 6.27. The number of hydrogen-bond donors (Lipinski definition) is 1. The van der Waals surface area contributed by atoms with Gasteiger partial charge in [0.25, 0.3) is 0 Å². The lowest BCUT2D eigenvalue weighted by atomic mass is 10.0. The number of esters is 1. The second-order valence-electron chi connectivity index (χ2n) is 5.53. The van der Waals surface area contributed by atoms with Crippen molar-refractivity contribution in [1.82, 2.24) is 5.32 Å². The summed E-state index contributed by atoms with van der Waals surface area (Å²) >= 11 is 0. The monoisotopic (exact) mass is 277 g/mol. The lowest BCUT2D eigenvalue weighted by Gasteiger charge is -2.28. The lowest BCUT2D eigenvalue weighted by Crippen LogP contribution is -2.55. The number of nitrogens with one attached hydrogen (secondary N) is 1. The van der Waals surface area contributed by atoms with Gasteiger partial charge in [0.1, 0.15) is 17.9 Å². The molecule has 4 heteroatoms. The van der Waals surface area contributed by atoms with Crippen LogP contribution in [0.4, 0.5) is 0 Å². The third-order valence-corrected chi connectivity index (χ3v) is 3.57. The van der Waals surface area contributed by atoms with Crippen LogP contribution in [0.5, 0.6) is 5.75 Å². The first kappa shape index (κ1) is 14.9. The molecule has 1 aliphatic carbocycles. The van der Waals surface area contributed by atoms with Crippen molar-refractivity contribution in [3.8, 4) is 5.75 Å². The fraction of sp³-hybridized carbons (Fsp3) is 0.562. The highest BCUT2D eigenvalue weighted by Crippen LogP contribution is 2.24.